The standard InChI is InChI=1S/C8H17NOS/c1-10-6-7-4-2-3-5-8(7)9-11/h7-9,11H,2-6H2,1H3. The van der Waals surface area contributed by atoms with Crippen molar-refractivity contribution in [2.45, 2.75) is 31.7 Å². The molecule has 0 bridgehead atoms. The minimum Gasteiger partial charge on any atom is -0.384 e. The van der Waals surface area contributed by atoms with Crippen LogP contribution < -0.4 is 4.72 Å². The predicted molar refractivity (Wildman–Crippen MR) is 49.7 cm³/mol. The number of ether oxygens (including phenoxy) is 1. The summed E-state index contributed by atoms with van der Waals surface area (Å²) < 4.78 is 8.19. The SMILES string of the molecule is COCC1CCCCC1NS. The van der Waals surface area contributed by atoms with Crippen molar-refractivity contribution in [3.05, 3.63) is 0 Å². The van der Waals surface area contributed by atoms with Gasteiger partial charge in [-0.25, -0.2) is 0 Å². The van der Waals surface area contributed by atoms with E-state index in [1.807, 2.05) is 0 Å². The lowest BCUT2D eigenvalue weighted by Gasteiger charge is -2.29. The van der Waals surface area contributed by atoms with Gasteiger partial charge in [0.15, 0.2) is 0 Å². The van der Waals surface area contributed by atoms with Gasteiger partial charge in [-0.3, -0.25) is 4.72 Å². The molecule has 2 unspecified atom stereocenters. The highest BCUT2D eigenvalue weighted by Crippen LogP contribution is 2.24. The first-order chi connectivity index (χ1) is 5.38. The summed E-state index contributed by atoms with van der Waals surface area (Å²) in [6, 6.07) is 0.562. The molecule has 0 saturated heterocycles. The molecule has 1 aliphatic carbocycles. The van der Waals surface area contributed by atoms with Crippen molar-refractivity contribution in [3.8, 4) is 0 Å². The van der Waals surface area contributed by atoms with Crippen LogP contribution in [-0.2, 0) is 4.74 Å². The van der Waals surface area contributed by atoms with E-state index in [9.17, 15) is 0 Å². The quantitative estimate of drug-likeness (QED) is 0.636. The highest BCUT2D eigenvalue weighted by atomic mass is 32.1. The average Bonchev–Trinajstić information content (AvgIpc) is 2.06. The van der Waals surface area contributed by atoms with Gasteiger partial charge in [-0.05, 0) is 18.8 Å². The second-order valence-electron chi connectivity index (χ2n) is 3.24. The predicted octanol–water partition coefficient (Wildman–Crippen LogP) is 1.63. The summed E-state index contributed by atoms with van der Waals surface area (Å²) in [5.41, 5.74) is 0. The monoisotopic (exact) mass is 175 g/mol. The molecule has 0 radical (unpaired) electrons. The van der Waals surface area contributed by atoms with E-state index in [1.54, 1.807) is 7.11 Å². The van der Waals surface area contributed by atoms with Crippen molar-refractivity contribution in [1.82, 2.24) is 4.72 Å². The van der Waals surface area contributed by atoms with Crippen molar-refractivity contribution in [2.75, 3.05) is 13.7 Å². The molecule has 1 aliphatic rings. The molecule has 1 fully saturated rings. The van der Waals surface area contributed by atoms with E-state index >= 15 is 0 Å². The Kier molecular flexibility index (Phi) is 4.26. The van der Waals surface area contributed by atoms with Gasteiger partial charge in [-0.15, -0.1) is 0 Å². The summed E-state index contributed by atoms with van der Waals surface area (Å²) in [6.07, 6.45) is 5.21. The maximum absolute atomic E-state index is 5.14. The minimum absolute atomic E-state index is 0.562. The van der Waals surface area contributed by atoms with Crippen molar-refractivity contribution >= 4 is 12.8 Å². The Labute approximate surface area is 74.2 Å². The van der Waals surface area contributed by atoms with Crippen LogP contribution in [0, 0.1) is 5.92 Å². The maximum Gasteiger partial charge on any atom is 0.0505 e. The van der Waals surface area contributed by atoms with Gasteiger partial charge in [0, 0.05) is 13.2 Å². The van der Waals surface area contributed by atoms with Gasteiger partial charge in [0.1, 0.15) is 0 Å². The first-order valence-corrected chi connectivity index (χ1v) is 4.71. The highest BCUT2D eigenvalue weighted by Gasteiger charge is 2.23. The van der Waals surface area contributed by atoms with Gasteiger partial charge < -0.3 is 4.74 Å². The lowest BCUT2D eigenvalue weighted by atomic mass is 9.86. The Morgan fingerprint density at radius 1 is 1.45 bits per heavy atom. The van der Waals surface area contributed by atoms with Crippen molar-refractivity contribution in [1.29, 1.82) is 0 Å². The number of hydrogen-bond acceptors (Lipinski definition) is 3. The van der Waals surface area contributed by atoms with Gasteiger partial charge in [-0.1, -0.05) is 25.7 Å². The van der Waals surface area contributed by atoms with Crippen LogP contribution in [0.3, 0.4) is 0 Å². The van der Waals surface area contributed by atoms with Gasteiger partial charge in [-0.2, -0.15) is 0 Å². The molecular formula is C8H17NOS. The first kappa shape index (κ1) is 9.36. The Hall–Kier alpha value is 0.270. The van der Waals surface area contributed by atoms with Crippen LogP contribution in [0.15, 0.2) is 0 Å². The number of thiol groups is 1. The van der Waals surface area contributed by atoms with Crippen molar-refractivity contribution < 1.29 is 4.74 Å². The zero-order valence-electron chi connectivity index (χ0n) is 7.05. The van der Waals surface area contributed by atoms with Crippen LogP contribution in [-0.4, -0.2) is 19.8 Å². The summed E-state index contributed by atoms with van der Waals surface area (Å²) in [5.74, 6) is 0.672. The number of nitrogens with one attached hydrogen (secondary N) is 1. The molecular weight excluding hydrogens is 158 g/mol. The lowest BCUT2D eigenvalue weighted by molar-refractivity contribution is 0.116. The molecule has 0 aromatic heterocycles. The molecule has 0 aromatic rings. The van der Waals surface area contributed by atoms with Gasteiger partial charge in [0.05, 0.1) is 6.61 Å². The van der Waals surface area contributed by atoms with E-state index in [0.717, 1.165) is 6.61 Å². The smallest absolute Gasteiger partial charge is 0.0505 e. The van der Waals surface area contributed by atoms with E-state index in [-0.39, 0.29) is 0 Å². The van der Waals surface area contributed by atoms with Crippen LogP contribution in [0.4, 0.5) is 0 Å². The van der Waals surface area contributed by atoms with Gasteiger partial charge in [0.2, 0.25) is 0 Å². The molecule has 0 amide bonds. The third kappa shape index (κ3) is 2.65. The number of hydrogen-bond donors (Lipinski definition) is 2. The molecule has 2 nitrogen and oxygen atoms in total. The molecule has 66 valence electrons. The summed E-state index contributed by atoms with van der Waals surface area (Å²) in [4.78, 5) is 0. The summed E-state index contributed by atoms with van der Waals surface area (Å²) >= 11 is 4.11. The molecule has 0 heterocycles. The molecule has 11 heavy (non-hydrogen) atoms. The van der Waals surface area contributed by atoms with E-state index in [4.69, 9.17) is 4.74 Å². The van der Waals surface area contributed by atoms with Crippen LogP contribution in [0.1, 0.15) is 25.7 Å². The topological polar surface area (TPSA) is 21.3 Å². The highest BCUT2D eigenvalue weighted by molar-refractivity contribution is 7.78. The zero-order chi connectivity index (χ0) is 8.10. The molecule has 3 heteroatoms. The molecule has 1 saturated carbocycles. The van der Waals surface area contributed by atoms with E-state index in [0.29, 0.717) is 12.0 Å². The maximum atomic E-state index is 5.14. The van der Waals surface area contributed by atoms with Gasteiger partial charge in [0.25, 0.3) is 0 Å². The average molecular weight is 175 g/mol. The molecule has 0 aromatic carbocycles. The lowest BCUT2D eigenvalue weighted by Crippen LogP contribution is -2.35. The fourth-order valence-electron chi connectivity index (χ4n) is 1.79. The normalized spacial score (nSPS) is 32.2. The zero-order valence-corrected chi connectivity index (χ0v) is 7.94. The van der Waals surface area contributed by atoms with Crippen LogP contribution in [0.25, 0.3) is 0 Å². The fourth-order valence-corrected chi connectivity index (χ4v) is 2.13. The van der Waals surface area contributed by atoms with E-state index < -0.39 is 0 Å². The van der Waals surface area contributed by atoms with Crippen LogP contribution in [0.2, 0.25) is 0 Å². The molecule has 0 aliphatic heterocycles. The van der Waals surface area contributed by atoms with Gasteiger partial charge >= 0.3 is 0 Å². The molecule has 1 rings (SSSR count). The van der Waals surface area contributed by atoms with Crippen LogP contribution >= 0.6 is 12.8 Å². The first-order valence-electron chi connectivity index (χ1n) is 4.27. The Morgan fingerprint density at radius 3 is 2.82 bits per heavy atom. The third-order valence-corrected chi connectivity index (χ3v) is 2.79. The largest absolute Gasteiger partial charge is 0.384 e. The van der Waals surface area contributed by atoms with E-state index in [2.05, 4.69) is 17.5 Å². The van der Waals surface area contributed by atoms with Crippen molar-refractivity contribution in [3.63, 3.8) is 0 Å². The Balaban J connectivity index is 2.31. The number of rotatable bonds is 3. The summed E-state index contributed by atoms with van der Waals surface area (Å²) in [5, 5.41) is 0. The molecule has 2 atom stereocenters. The van der Waals surface area contributed by atoms with Crippen LogP contribution in [0.5, 0.6) is 0 Å². The molecule has 1 N–H and O–H groups in total. The summed E-state index contributed by atoms with van der Waals surface area (Å²) in [7, 11) is 1.77. The Morgan fingerprint density at radius 2 is 2.18 bits per heavy atom. The van der Waals surface area contributed by atoms with Crippen molar-refractivity contribution in [2.24, 2.45) is 5.92 Å². The second kappa shape index (κ2) is 5.01. The molecule has 0 spiro atoms. The number of methoxy groups -OCH3 is 1. The van der Waals surface area contributed by atoms with E-state index in [1.165, 1.54) is 25.7 Å². The second-order valence-corrected chi connectivity index (χ2v) is 3.49. The fraction of sp³-hybridized carbons (Fsp3) is 1.00. The Bertz CT molecular complexity index is 108. The third-order valence-electron chi connectivity index (χ3n) is 2.46. The summed E-state index contributed by atoms with van der Waals surface area (Å²) in [6.45, 7) is 0.873. The minimum atomic E-state index is 0.562.